The molecule has 0 spiro atoms. The number of aromatic amines is 1. The van der Waals surface area contributed by atoms with Gasteiger partial charge in [0.15, 0.2) is 11.6 Å². The molecular weight excluding hydrogens is 400 g/mol. The second-order valence-corrected chi connectivity index (χ2v) is 6.85. The summed E-state index contributed by atoms with van der Waals surface area (Å²) in [5.74, 6) is 2.77. The number of hydrogen-bond acceptors (Lipinski definition) is 6. The first kappa shape index (κ1) is 21.3. The topological polar surface area (TPSA) is 87.2 Å². The van der Waals surface area contributed by atoms with Gasteiger partial charge in [-0.2, -0.15) is 5.10 Å². The molecule has 3 aromatic carbocycles. The van der Waals surface area contributed by atoms with Crippen LogP contribution in [0.2, 0.25) is 0 Å². The largest absolute Gasteiger partial charge is 0.496 e. The predicted octanol–water partition coefficient (Wildman–Crippen LogP) is 4.73. The maximum Gasteiger partial charge on any atom is 0.181 e. The Morgan fingerprint density at radius 3 is 2.28 bits per heavy atom. The van der Waals surface area contributed by atoms with E-state index >= 15 is 0 Å². The normalized spacial score (nSPS) is 14.7. The highest BCUT2D eigenvalue weighted by molar-refractivity contribution is 6.02. The molecular formula is C25H26N6O. The molecule has 7 nitrogen and oxygen atoms in total. The third kappa shape index (κ3) is 4.38. The third-order valence-electron chi connectivity index (χ3n) is 4.95. The van der Waals surface area contributed by atoms with Crippen LogP contribution in [0.3, 0.4) is 0 Å². The summed E-state index contributed by atoms with van der Waals surface area (Å²) in [5, 5.41) is 7.41. The number of rotatable bonds is 5. The van der Waals surface area contributed by atoms with Crippen LogP contribution < -0.4 is 15.6 Å². The summed E-state index contributed by atoms with van der Waals surface area (Å²) in [6.45, 7) is 4.00. The Morgan fingerprint density at radius 1 is 0.844 bits per heavy atom. The summed E-state index contributed by atoms with van der Waals surface area (Å²) in [6, 6.07) is 25.8. The Morgan fingerprint density at radius 2 is 1.56 bits per heavy atom. The first-order valence-electron chi connectivity index (χ1n) is 10.6. The predicted molar refractivity (Wildman–Crippen MR) is 127 cm³/mol. The molecule has 5 rings (SSSR count). The van der Waals surface area contributed by atoms with Crippen molar-refractivity contribution in [2.75, 3.05) is 7.11 Å². The molecule has 1 aromatic heterocycles. The van der Waals surface area contributed by atoms with E-state index in [0.717, 1.165) is 33.8 Å². The van der Waals surface area contributed by atoms with Gasteiger partial charge >= 0.3 is 0 Å². The fourth-order valence-corrected chi connectivity index (χ4v) is 3.41. The SMILES string of the molecule is CC.COc1ccc(-c2n[nH]c(-c3ccccc3)n2)cc1C1=NC(c2ccccc2)NN1. The van der Waals surface area contributed by atoms with Crippen LogP contribution in [0.25, 0.3) is 22.8 Å². The van der Waals surface area contributed by atoms with Gasteiger partial charge in [0.1, 0.15) is 17.8 Å². The quantitative estimate of drug-likeness (QED) is 0.430. The minimum absolute atomic E-state index is 0.164. The van der Waals surface area contributed by atoms with Crippen molar-refractivity contribution in [1.82, 2.24) is 26.0 Å². The molecule has 0 bridgehead atoms. The zero-order valence-corrected chi connectivity index (χ0v) is 18.3. The summed E-state index contributed by atoms with van der Waals surface area (Å²) in [7, 11) is 1.65. The molecule has 32 heavy (non-hydrogen) atoms. The van der Waals surface area contributed by atoms with Crippen LogP contribution in [0.5, 0.6) is 5.75 Å². The average Bonchev–Trinajstić information content (AvgIpc) is 3.57. The number of H-pyrrole nitrogens is 1. The summed E-state index contributed by atoms with van der Waals surface area (Å²) in [4.78, 5) is 9.44. The lowest BCUT2D eigenvalue weighted by Gasteiger charge is -2.09. The van der Waals surface area contributed by atoms with Crippen molar-refractivity contribution in [1.29, 1.82) is 0 Å². The van der Waals surface area contributed by atoms with Crippen LogP contribution >= 0.6 is 0 Å². The van der Waals surface area contributed by atoms with E-state index in [9.17, 15) is 0 Å². The van der Waals surface area contributed by atoms with Crippen molar-refractivity contribution in [3.8, 4) is 28.5 Å². The lowest BCUT2D eigenvalue weighted by atomic mass is 10.1. The summed E-state index contributed by atoms with van der Waals surface area (Å²) >= 11 is 0. The van der Waals surface area contributed by atoms with E-state index in [0.29, 0.717) is 11.7 Å². The maximum absolute atomic E-state index is 5.57. The first-order valence-corrected chi connectivity index (χ1v) is 10.6. The number of hydrazine groups is 1. The number of aliphatic imine (C=N–C) groups is 1. The van der Waals surface area contributed by atoms with Crippen LogP contribution in [0.1, 0.15) is 31.1 Å². The summed E-state index contributed by atoms with van der Waals surface area (Å²) in [6.07, 6.45) is -0.164. The highest BCUT2D eigenvalue weighted by atomic mass is 16.5. The van der Waals surface area contributed by atoms with Gasteiger partial charge in [-0.1, -0.05) is 74.5 Å². The fourth-order valence-electron chi connectivity index (χ4n) is 3.41. The molecule has 0 aliphatic carbocycles. The fraction of sp³-hybridized carbons (Fsp3) is 0.160. The van der Waals surface area contributed by atoms with Crippen molar-refractivity contribution in [2.45, 2.75) is 20.0 Å². The van der Waals surface area contributed by atoms with Gasteiger partial charge in [0.25, 0.3) is 0 Å². The Hall–Kier alpha value is -3.97. The van der Waals surface area contributed by atoms with Crippen LogP contribution in [-0.4, -0.2) is 28.1 Å². The minimum Gasteiger partial charge on any atom is -0.496 e. The minimum atomic E-state index is -0.164. The second kappa shape index (κ2) is 9.89. The van der Waals surface area contributed by atoms with Crippen molar-refractivity contribution >= 4 is 5.84 Å². The van der Waals surface area contributed by atoms with Crippen molar-refractivity contribution < 1.29 is 4.74 Å². The van der Waals surface area contributed by atoms with Gasteiger partial charge in [-0.25, -0.2) is 15.4 Å². The standard InChI is InChI=1S/C23H20N6O.C2H6/c1-30-19-13-12-17(22-24-20(26-28-22)15-8-4-2-5-9-15)14-18(19)23-25-21(27-29-23)16-10-6-3-7-11-16;1-2/h2-14,21,27H,1H3,(H,25,29)(H,24,26,28);1-2H3. The van der Waals surface area contributed by atoms with Crippen LogP contribution in [0.4, 0.5) is 0 Å². The number of nitrogens with one attached hydrogen (secondary N) is 3. The van der Waals surface area contributed by atoms with Gasteiger partial charge in [-0.15, -0.1) is 0 Å². The van der Waals surface area contributed by atoms with Crippen molar-refractivity contribution in [3.63, 3.8) is 0 Å². The number of benzene rings is 3. The number of ether oxygens (including phenoxy) is 1. The molecule has 0 saturated carbocycles. The Balaban J connectivity index is 0.00000119. The van der Waals surface area contributed by atoms with Gasteiger partial charge in [0.2, 0.25) is 0 Å². The van der Waals surface area contributed by atoms with Gasteiger partial charge in [0, 0.05) is 11.1 Å². The Labute approximate surface area is 187 Å². The molecule has 0 saturated heterocycles. The van der Waals surface area contributed by atoms with Crippen LogP contribution in [0, 0.1) is 0 Å². The number of amidine groups is 1. The van der Waals surface area contributed by atoms with Gasteiger partial charge < -0.3 is 10.2 Å². The van der Waals surface area contributed by atoms with Crippen LogP contribution in [-0.2, 0) is 0 Å². The molecule has 0 radical (unpaired) electrons. The molecule has 1 aliphatic heterocycles. The van der Waals surface area contributed by atoms with Crippen molar-refractivity contribution in [3.05, 3.63) is 90.0 Å². The number of nitrogens with zero attached hydrogens (tertiary/aromatic N) is 3. The zero-order valence-electron chi connectivity index (χ0n) is 18.3. The average molecular weight is 427 g/mol. The van der Waals surface area contributed by atoms with Crippen LogP contribution in [0.15, 0.2) is 83.9 Å². The lowest BCUT2D eigenvalue weighted by molar-refractivity contribution is 0.414. The second-order valence-electron chi connectivity index (χ2n) is 6.85. The smallest absolute Gasteiger partial charge is 0.181 e. The van der Waals surface area contributed by atoms with E-state index in [2.05, 4.69) is 26.0 Å². The number of methoxy groups -OCH3 is 1. The molecule has 7 heteroatoms. The van der Waals surface area contributed by atoms with E-state index < -0.39 is 0 Å². The third-order valence-corrected chi connectivity index (χ3v) is 4.95. The number of aromatic nitrogens is 3. The van der Waals surface area contributed by atoms with E-state index in [1.54, 1.807) is 7.11 Å². The molecule has 2 heterocycles. The zero-order chi connectivity index (χ0) is 22.3. The lowest BCUT2D eigenvalue weighted by Crippen LogP contribution is -2.32. The Bertz CT molecular complexity index is 1190. The molecule has 1 unspecified atom stereocenters. The Kier molecular flexibility index (Phi) is 6.57. The molecule has 1 aliphatic rings. The number of hydrogen-bond donors (Lipinski definition) is 3. The maximum atomic E-state index is 5.57. The molecule has 162 valence electrons. The summed E-state index contributed by atoms with van der Waals surface area (Å²) < 4.78 is 5.57. The van der Waals surface area contributed by atoms with Gasteiger partial charge in [-0.3, -0.25) is 5.10 Å². The molecule has 0 amide bonds. The summed E-state index contributed by atoms with van der Waals surface area (Å²) in [5.41, 5.74) is 10.2. The van der Waals surface area contributed by atoms with E-state index in [4.69, 9.17) is 9.73 Å². The monoisotopic (exact) mass is 426 g/mol. The highest BCUT2D eigenvalue weighted by Crippen LogP contribution is 2.28. The highest BCUT2D eigenvalue weighted by Gasteiger charge is 2.22. The molecule has 4 aromatic rings. The first-order chi connectivity index (χ1) is 15.8. The van der Waals surface area contributed by atoms with E-state index in [1.807, 2.05) is 92.7 Å². The van der Waals surface area contributed by atoms with Gasteiger partial charge in [-0.05, 0) is 23.8 Å². The molecule has 1 atom stereocenters. The van der Waals surface area contributed by atoms with Gasteiger partial charge in [0.05, 0.1) is 12.7 Å². The molecule has 0 fully saturated rings. The van der Waals surface area contributed by atoms with E-state index in [1.165, 1.54) is 0 Å². The van der Waals surface area contributed by atoms with Crippen molar-refractivity contribution in [2.24, 2.45) is 4.99 Å². The molecule has 3 N–H and O–H groups in total. The van der Waals surface area contributed by atoms with E-state index in [-0.39, 0.29) is 6.17 Å².